The monoisotopic (exact) mass is 357 g/mol. The second kappa shape index (κ2) is 5.44. The molecule has 27 heavy (non-hydrogen) atoms. The van der Waals surface area contributed by atoms with Gasteiger partial charge in [-0.15, -0.1) is 0 Å². The fourth-order valence-electron chi connectivity index (χ4n) is 6.31. The van der Waals surface area contributed by atoms with Gasteiger partial charge in [-0.05, 0) is 62.0 Å². The van der Waals surface area contributed by atoms with Gasteiger partial charge in [0.1, 0.15) is 0 Å². The molecule has 7 rings (SSSR count). The lowest BCUT2D eigenvalue weighted by atomic mass is 9.69. The molecule has 0 saturated heterocycles. The van der Waals surface area contributed by atoms with E-state index in [-0.39, 0.29) is 11.3 Å². The summed E-state index contributed by atoms with van der Waals surface area (Å²) in [6.07, 6.45) is 5.95. The molecule has 136 valence electrons. The van der Waals surface area contributed by atoms with Gasteiger partial charge >= 0.3 is 0 Å². The zero-order valence-electron chi connectivity index (χ0n) is 15.2. The van der Waals surface area contributed by atoms with E-state index in [1.165, 1.54) is 12.8 Å². The second-order valence-corrected chi connectivity index (χ2v) is 8.85. The molecule has 2 N–H and O–H groups in total. The third-order valence-electron chi connectivity index (χ3n) is 7.29. The normalized spacial score (nSPS) is 30.9. The molecule has 1 heterocycles. The number of hydrogen-bond acceptors (Lipinski definition) is 3. The van der Waals surface area contributed by atoms with Crippen molar-refractivity contribution >= 4 is 33.4 Å². The SMILES string of the molecule is O=C(NNc1c2ccccc2nc2ccccc12)C12CC3C[C@@H](C1)[C@@H](C3)C2. The van der Waals surface area contributed by atoms with Gasteiger partial charge in [0.2, 0.25) is 5.91 Å². The lowest BCUT2D eigenvalue weighted by Crippen LogP contribution is -2.45. The highest BCUT2D eigenvalue weighted by molar-refractivity contribution is 6.07. The molecule has 0 unspecified atom stereocenters. The largest absolute Gasteiger partial charge is 0.297 e. The number of aromatic nitrogens is 1. The van der Waals surface area contributed by atoms with Crippen molar-refractivity contribution in [2.45, 2.75) is 32.1 Å². The smallest absolute Gasteiger partial charge is 0.244 e. The Balaban J connectivity index is 1.35. The van der Waals surface area contributed by atoms with Gasteiger partial charge in [0, 0.05) is 10.8 Å². The third-order valence-corrected chi connectivity index (χ3v) is 7.29. The number of rotatable bonds is 3. The minimum atomic E-state index is -0.137. The first-order valence-electron chi connectivity index (χ1n) is 10.1. The van der Waals surface area contributed by atoms with Crippen LogP contribution >= 0.6 is 0 Å². The van der Waals surface area contributed by atoms with Crippen LogP contribution in [0.3, 0.4) is 0 Å². The molecule has 2 atom stereocenters. The van der Waals surface area contributed by atoms with Crippen molar-refractivity contribution < 1.29 is 4.79 Å². The number of fused-ring (bicyclic) bond motifs is 2. The van der Waals surface area contributed by atoms with Crippen LogP contribution in [0, 0.1) is 23.2 Å². The van der Waals surface area contributed by atoms with E-state index in [9.17, 15) is 4.79 Å². The number of nitrogens with zero attached hydrogens (tertiary/aromatic N) is 1. The first-order valence-corrected chi connectivity index (χ1v) is 10.1. The minimum Gasteiger partial charge on any atom is -0.297 e. The summed E-state index contributed by atoms with van der Waals surface area (Å²) < 4.78 is 0. The highest BCUT2D eigenvalue weighted by Gasteiger charge is 2.59. The zero-order valence-corrected chi connectivity index (χ0v) is 15.2. The molecule has 4 aliphatic carbocycles. The summed E-state index contributed by atoms with van der Waals surface area (Å²) in [6, 6.07) is 16.2. The lowest BCUT2D eigenvalue weighted by Gasteiger charge is -2.36. The van der Waals surface area contributed by atoms with E-state index in [0.29, 0.717) is 0 Å². The predicted octanol–water partition coefficient (Wildman–Crippen LogP) is 4.66. The Bertz CT molecular complexity index is 1000. The standard InChI is InChI=1S/C23H23N3O/c27-22(23-11-14-9-15(12-23)16(10-14)13-23)26-25-21-17-5-1-3-7-19(17)24-20-8-4-2-6-18(20)21/h1-8,14-16H,9-13H2,(H,24,25)(H,26,27)/t14?,15-,16-,23?/m0/s1. The van der Waals surface area contributed by atoms with Gasteiger partial charge in [0.05, 0.1) is 22.1 Å². The summed E-state index contributed by atoms with van der Waals surface area (Å²) in [7, 11) is 0. The number of pyridine rings is 1. The first-order chi connectivity index (χ1) is 13.2. The Hall–Kier alpha value is -2.62. The Labute approximate surface area is 158 Å². The summed E-state index contributed by atoms with van der Waals surface area (Å²) in [6.45, 7) is 0. The summed E-state index contributed by atoms with van der Waals surface area (Å²) in [5.74, 6) is 2.54. The van der Waals surface area contributed by atoms with Crippen molar-refractivity contribution in [1.82, 2.24) is 10.4 Å². The van der Waals surface area contributed by atoms with Crippen LogP contribution in [0.1, 0.15) is 32.1 Å². The van der Waals surface area contributed by atoms with Gasteiger partial charge in [-0.3, -0.25) is 15.6 Å². The summed E-state index contributed by atoms with van der Waals surface area (Å²) >= 11 is 0. The maximum atomic E-state index is 13.2. The molecule has 3 aromatic rings. The van der Waals surface area contributed by atoms with Crippen LogP contribution in [-0.4, -0.2) is 10.9 Å². The molecular formula is C23H23N3O. The molecular weight excluding hydrogens is 334 g/mol. The van der Waals surface area contributed by atoms with Crippen LogP contribution in [0.4, 0.5) is 5.69 Å². The van der Waals surface area contributed by atoms with Gasteiger partial charge in [0.15, 0.2) is 0 Å². The van der Waals surface area contributed by atoms with E-state index in [2.05, 4.69) is 23.0 Å². The maximum Gasteiger partial charge on any atom is 0.244 e. The molecule has 1 amide bonds. The van der Waals surface area contributed by atoms with E-state index >= 15 is 0 Å². The van der Waals surface area contributed by atoms with Gasteiger partial charge in [-0.25, -0.2) is 4.98 Å². The van der Waals surface area contributed by atoms with E-state index in [0.717, 1.165) is 64.5 Å². The second-order valence-electron chi connectivity index (χ2n) is 8.85. The highest BCUT2D eigenvalue weighted by Crippen LogP contribution is 2.64. The number of nitrogens with one attached hydrogen (secondary N) is 2. The number of amides is 1. The van der Waals surface area contributed by atoms with Gasteiger partial charge < -0.3 is 0 Å². The number of hydrogen-bond donors (Lipinski definition) is 2. The van der Waals surface area contributed by atoms with Gasteiger partial charge in [0.25, 0.3) is 0 Å². The minimum absolute atomic E-state index is 0.137. The number of carbonyl (C=O) groups excluding carboxylic acids is 1. The number of benzene rings is 2. The molecule has 1 aromatic heterocycles. The van der Waals surface area contributed by atoms with Crippen LogP contribution in [0.25, 0.3) is 21.8 Å². The van der Waals surface area contributed by atoms with Gasteiger partial charge in [-0.1, -0.05) is 36.4 Å². The van der Waals surface area contributed by atoms with Crippen molar-refractivity contribution in [1.29, 1.82) is 0 Å². The maximum absolute atomic E-state index is 13.2. The summed E-state index contributed by atoms with van der Waals surface area (Å²) in [5, 5.41) is 2.06. The van der Waals surface area contributed by atoms with Crippen molar-refractivity contribution in [3.63, 3.8) is 0 Å². The number of hydrazine groups is 1. The molecule has 2 aromatic carbocycles. The summed E-state index contributed by atoms with van der Waals surface area (Å²) in [5.41, 5.74) is 9.07. The highest BCUT2D eigenvalue weighted by atomic mass is 16.2. The van der Waals surface area contributed by atoms with Crippen molar-refractivity contribution in [2.24, 2.45) is 23.2 Å². The van der Waals surface area contributed by atoms with E-state index < -0.39 is 0 Å². The molecule has 0 spiro atoms. The lowest BCUT2D eigenvalue weighted by molar-refractivity contribution is -0.133. The average Bonchev–Trinajstić information content (AvgIpc) is 3.12. The topological polar surface area (TPSA) is 54.0 Å². The Kier molecular flexibility index (Phi) is 3.11. The molecule has 0 radical (unpaired) electrons. The van der Waals surface area contributed by atoms with Crippen LogP contribution in [0.2, 0.25) is 0 Å². The molecule has 4 heteroatoms. The molecule has 4 nitrogen and oxygen atoms in total. The van der Waals surface area contributed by atoms with Crippen molar-refractivity contribution in [2.75, 3.05) is 5.43 Å². The quantitative estimate of drug-likeness (QED) is 0.530. The Morgan fingerprint density at radius 1 is 0.889 bits per heavy atom. The molecule has 4 fully saturated rings. The third kappa shape index (κ3) is 2.22. The van der Waals surface area contributed by atoms with Crippen LogP contribution < -0.4 is 10.9 Å². The number of anilines is 1. The fourth-order valence-corrected chi connectivity index (χ4v) is 6.31. The molecule has 4 saturated carbocycles. The summed E-state index contributed by atoms with van der Waals surface area (Å²) in [4.78, 5) is 18.0. The van der Waals surface area contributed by atoms with Crippen molar-refractivity contribution in [3.05, 3.63) is 48.5 Å². The van der Waals surface area contributed by atoms with Crippen molar-refractivity contribution in [3.8, 4) is 0 Å². The van der Waals surface area contributed by atoms with E-state index in [1.807, 2.05) is 36.4 Å². The van der Waals surface area contributed by atoms with Crippen LogP contribution in [-0.2, 0) is 4.79 Å². The molecule has 0 aliphatic heterocycles. The predicted molar refractivity (Wildman–Crippen MR) is 107 cm³/mol. The first kappa shape index (κ1) is 15.4. The number of carbonyl (C=O) groups is 1. The number of para-hydroxylation sites is 2. The fraction of sp³-hybridized carbons (Fsp3) is 0.391. The van der Waals surface area contributed by atoms with E-state index in [1.54, 1.807) is 0 Å². The molecule has 4 bridgehead atoms. The Morgan fingerprint density at radius 3 is 2.07 bits per heavy atom. The van der Waals surface area contributed by atoms with Gasteiger partial charge in [-0.2, -0.15) is 0 Å². The average molecular weight is 357 g/mol. The van der Waals surface area contributed by atoms with E-state index in [4.69, 9.17) is 4.98 Å². The van der Waals surface area contributed by atoms with Crippen LogP contribution in [0.15, 0.2) is 48.5 Å². The Morgan fingerprint density at radius 2 is 1.48 bits per heavy atom. The molecule has 4 aliphatic rings. The van der Waals surface area contributed by atoms with Crippen LogP contribution in [0.5, 0.6) is 0 Å². The zero-order chi connectivity index (χ0) is 18.0.